The second-order valence-electron chi connectivity index (χ2n) is 20.0. The molecule has 420 valence electrons. The summed E-state index contributed by atoms with van der Waals surface area (Å²) < 4.78 is 17.5. The summed E-state index contributed by atoms with van der Waals surface area (Å²) >= 11 is 0. The zero-order valence-corrected chi connectivity index (χ0v) is 46.2. The van der Waals surface area contributed by atoms with Gasteiger partial charge in [0.15, 0.2) is 12.4 Å². The molecule has 1 rings (SSSR count). The fraction of sp³-hybridized carbons (Fsp3) is 0.742. The van der Waals surface area contributed by atoms with Gasteiger partial charge >= 0.3 is 5.97 Å². The molecule has 0 saturated carbocycles. The van der Waals surface area contributed by atoms with Crippen LogP contribution in [-0.2, 0) is 23.8 Å². The first kappa shape index (κ1) is 67.9. The van der Waals surface area contributed by atoms with Crippen molar-refractivity contribution in [2.45, 2.75) is 282 Å². The number of aliphatic hydroxyl groups is 5. The quantitative estimate of drug-likeness (QED) is 0.0195. The van der Waals surface area contributed by atoms with E-state index in [1.165, 1.54) is 96.3 Å². The Balaban J connectivity index is 2.75. The van der Waals surface area contributed by atoms with Crippen molar-refractivity contribution >= 4 is 11.9 Å². The summed E-state index contributed by atoms with van der Waals surface area (Å²) in [6.45, 7) is 5.62. The lowest BCUT2D eigenvalue weighted by Gasteiger charge is -2.41. The molecule has 73 heavy (non-hydrogen) atoms. The lowest BCUT2D eigenvalue weighted by molar-refractivity contribution is -0.305. The maximum absolute atomic E-state index is 13.4. The number of allylic oxidation sites excluding steroid dienone is 13. The van der Waals surface area contributed by atoms with Gasteiger partial charge in [0.25, 0.3) is 0 Å². The summed E-state index contributed by atoms with van der Waals surface area (Å²) in [7, 11) is 0. The SMILES string of the molecule is CC/C=C\C/C=C\C/C=C\C/C=C\C/C=C\CCCCCC(=O)OC1C(OCC(NC(=O)C(O)CCCC/C=C\CCCCCCCCC)C(O)/C=C/CCCCCCCCCCCC)OC(CO)C(O)C1O. The first-order valence-corrected chi connectivity index (χ1v) is 29.4. The summed E-state index contributed by atoms with van der Waals surface area (Å²) in [5.41, 5.74) is 0. The summed E-state index contributed by atoms with van der Waals surface area (Å²) in [6, 6.07) is -1.04. The van der Waals surface area contributed by atoms with Crippen LogP contribution in [0.1, 0.15) is 233 Å². The normalized spacial score (nSPS) is 20.0. The molecular weight excluding hydrogens is 919 g/mol. The van der Waals surface area contributed by atoms with E-state index in [1.807, 2.05) is 6.08 Å². The van der Waals surface area contributed by atoms with Crippen molar-refractivity contribution in [1.29, 1.82) is 0 Å². The van der Waals surface area contributed by atoms with Gasteiger partial charge in [0.2, 0.25) is 5.91 Å². The predicted molar refractivity (Wildman–Crippen MR) is 301 cm³/mol. The first-order valence-electron chi connectivity index (χ1n) is 29.4. The van der Waals surface area contributed by atoms with E-state index in [0.29, 0.717) is 12.8 Å². The Hall–Kier alpha value is -3.16. The van der Waals surface area contributed by atoms with Crippen LogP contribution in [0.25, 0.3) is 0 Å². The summed E-state index contributed by atoms with van der Waals surface area (Å²) in [6.07, 6.45) is 53.4. The van der Waals surface area contributed by atoms with Gasteiger partial charge in [-0.3, -0.25) is 9.59 Å². The van der Waals surface area contributed by atoms with E-state index in [2.05, 4.69) is 99.0 Å². The molecule has 0 aliphatic carbocycles. The van der Waals surface area contributed by atoms with Crippen molar-refractivity contribution in [3.8, 4) is 0 Å². The number of esters is 1. The van der Waals surface area contributed by atoms with E-state index in [1.54, 1.807) is 6.08 Å². The molecule has 0 aromatic heterocycles. The van der Waals surface area contributed by atoms with Crippen molar-refractivity contribution in [2.24, 2.45) is 0 Å². The third-order valence-corrected chi connectivity index (χ3v) is 13.3. The second-order valence-corrected chi connectivity index (χ2v) is 20.0. The number of amides is 1. The minimum absolute atomic E-state index is 0.0792. The maximum Gasteiger partial charge on any atom is 0.306 e. The molecule has 0 spiro atoms. The highest BCUT2D eigenvalue weighted by atomic mass is 16.7. The minimum atomic E-state index is -1.63. The molecular formula is C62H107NO10. The van der Waals surface area contributed by atoms with E-state index in [-0.39, 0.29) is 19.4 Å². The fourth-order valence-electron chi connectivity index (χ4n) is 8.61. The molecule has 1 aliphatic heterocycles. The molecule has 0 aromatic carbocycles. The van der Waals surface area contributed by atoms with E-state index < -0.39 is 67.4 Å². The molecule has 1 aliphatic rings. The van der Waals surface area contributed by atoms with Crippen molar-refractivity contribution in [2.75, 3.05) is 13.2 Å². The summed E-state index contributed by atoms with van der Waals surface area (Å²) in [4.78, 5) is 26.5. The molecule has 11 heteroatoms. The molecule has 0 radical (unpaired) electrons. The van der Waals surface area contributed by atoms with E-state index in [9.17, 15) is 35.1 Å². The zero-order valence-electron chi connectivity index (χ0n) is 46.2. The van der Waals surface area contributed by atoms with Crippen molar-refractivity contribution in [3.05, 3.63) is 85.1 Å². The Morgan fingerprint density at radius 2 is 0.986 bits per heavy atom. The smallest absolute Gasteiger partial charge is 0.306 e. The number of aliphatic hydroxyl groups excluding tert-OH is 5. The number of hydrogen-bond donors (Lipinski definition) is 6. The first-order chi connectivity index (χ1) is 35.7. The third-order valence-electron chi connectivity index (χ3n) is 13.3. The Morgan fingerprint density at radius 1 is 0.548 bits per heavy atom. The highest BCUT2D eigenvalue weighted by Crippen LogP contribution is 2.26. The van der Waals surface area contributed by atoms with Crippen LogP contribution in [0.2, 0.25) is 0 Å². The van der Waals surface area contributed by atoms with Gasteiger partial charge in [0.1, 0.15) is 24.4 Å². The average molecular weight is 1030 g/mol. The number of hydrogen-bond acceptors (Lipinski definition) is 10. The van der Waals surface area contributed by atoms with Gasteiger partial charge in [-0.05, 0) is 96.3 Å². The molecule has 1 saturated heterocycles. The fourth-order valence-corrected chi connectivity index (χ4v) is 8.61. The van der Waals surface area contributed by atoms with Crippen LogP contribution in [0.4, 0.5) is 0 Å². The van der Waals surface area contributed by atoms with Crippen LogP contribution >= 0.6 is 0 Å². The molecule has 11 nitrogen and oxygen atoms in total. The van der Waals surface area contributed by atoms with Gasteiger partial charge in [0, 0.05) is 6.42 Å². The highest BCUT2D eigenvalue weighted by molar-refractivity contribution is 5.80. The predicted octanol–water partition coefficient (Wildman–Crippen LogP) is 13.4. The number of ether oxygens (including phenoxy) is 3. The Bertz CT molecular complexity index is 1510. The zero-order chi connectivity index (χ0) is 53.3. The monoisotopic (exact) mass is 1030 g/mol. The maximum atomic E-state index is 13.4. The van der Waals surface area contributed by atoms with Crippen molar-refractivity contribution in [3.63, 3.8) is 0 Å². The molecule has 1 heterocycles. The third kappa shape index (κ3) is 38.1. The molecule has 0 aromatic rings. The Morgan fingerprint density at radius 3 is 1.49 bits per heavy atom. The number of carbonyl (C=O) groups is 2. The molecule has 1 fully saturated rings. The molecule has 1 amide bonds. The number of rotatable bonds is 48. The Labute approximate surface area is 444 Å². The summed E-state index contributed by atoms with van der Waals surface area (Å²) in [5.74, 6) is -1.25. The van der Waals surface area contributed by atoms with Crippen LogP contribution < -0.4 is 5.32 Å². The average Bonchev–Trinajstić information content (AvgIpc) is 3.39. The standard InChI is InChI=1S/C62H107NO10/c1-4-7-10-13-16-19-22-25-26-27-28-29-30-32-35-38-41-44-47-50-57(67)73-60-59(69)58(68)56(51-64)72-62(60)71-52-53(54(65)48-45-42-39-36-33-24-21-18-15-12-9-6-3)63-61(70)55(66)49-46-43-40-37-34-31-23-20-17-14-11-8-5-2/h7,10,16,19,25-26,28-29,32,34-35,37,45,48,53-56,58-60,62,64-66,68-69H,4-6,8-9,11-15,17-18,20-24,27,30-31,33,36,38-44,46-47,49-52H2,1-3H3,(H,63,70)/b10-7-,19-16-,26-25-,29-28-,35-32-,37-34-,48-45+. The van der Waals surface area contributed by atoms with Crippen LogP contribution in [0.3, 0.4) is 0 Å². The van der Waals surface area contributed by atoms with Crippen LogP contribution in [-0.4, -0.2) is 99.6 Å². The second kappa shape index (κ2) is 49.7. The van der Waals surface area contributed by atoms with Gasteiger partial charge < -0.3 is 45.1 Å². The molecule has 8 unspecified atom stereocenters. The van der Waals surface area contributed by atoms with Gasteiger partial charge in [-0.25, -0.2) is 0 Å². The topological polar surface area (TPSA) is 175 Å². The number of nitrogens with one attached hydrogen (secondary N) is 1. The summed E-state index contributed by atoms with van der Waals surface area (Å²) in [5, 5.41) is 56.8. The van der Waals surface area contributed by atoms with Gasteiger partial charge in [0.05, 0.1) is 25.4 Å². The molecule has 8 atom stereocenters. The lowest BCUT2D eigenvalue weighted by atomic mass is 9.99. The Kier molecular flexibility index (Phi) is 46.2. The van der Waals surface area contributed by atoms with Gasteiger partial charge in [-0.1, -0.05) is 215 Å². The van der Waals surface area contributed by atoms with Crippen LogP contribution in [0.5, 0.6) is 0 Å². The van der Waals surface area contributed by atoms with Crippen LogP contribution in [0, 0.1) is 0 Å². The van der Waals surface area contributed by atoms with Crippen molar-refractivity contribution in [1.82, 2.24) is 5.32 Å². The largest absolute Gasteiger partial charge is 0.454 e. The highest BCUT2D eigenvalue weighted by Gasteiger charge is 2.47. The molecule has 0 bridgehead atoms. The number of carbonyl (C=O) groups excluding carboxylic acids is 2. The molecule has 6 N–H and O–H groups in total. The van der Waals surface area contributed by atoms with E-state index >= 15 is 0 Å². The lowest BCUT2D eigenvalue weighted by Crippen LogP contribution is -2.61. The van der Waals surface area contributed by atoms with Crippen molar-refractivity contribution < 1.29 is 49.3 Å². The van der Waals surface area contributed by atoms with Gasteiger partial charge in [-0.2, -0.15) is 0 Å². The van der Waals surface area contributed by atoms with Crippen LogP contribution in [0.15, 0.2) is 85.1 Å². The minimum Gasteiger partial charge on any atom is -0.454 e. The van der Waals surface area contributed by atoms with Gasteiger partial charge in [-0.15, -0.1) is 0 Å². The van der Waals surface area contributed by atoms with E-state index in [4.69, 9.17) is 14.2 Å². The number of unbranched alkanes of at least 4 members (excludes halogenated alkanes) is 22. The van der Waals surface area contributed by atoms with E-state index in [0.717, 1.165) is 89.9 Å².